The number of pyridine rings is 1. The lowest BCUT2D eigenvalue weighted by Gasteiger charge is -2.25. The molecule has 0 radical (unpaired) electrons. The number of allylic oxidation sites excluding steroid dienone is 3. The van der Waals surface area contributed by atoms with Gasteiger partial charge in [-0.25, -0.2) is 22.2 Å². The second kappa shape index (κ2) is 12.2. The number of benzene rings is 2. The Morgan fingerprint density at radius 1 is 1.23 bits per heavy atom. The zero-order valence-corrected chi connectivity index (χ0v) is 22.5. The molecule has 202 valence electrons. The summed E-state index contributed by atoms with van der Waals surface area (Å²) in [6, 6.07) is 14.0. The predicted octanol–water partition coefficient (Wildman–Crippen LogP) is 6.29. The van der Waals surface area contributed by atoms with Crippen LogP contribution in [0.15, 0.2) is 107 Å². The molecule has 0 bridgehead atoms. The van der Waals surface area contributed by atoms with Crippen LogP contribution < -0.4 is 9.46 Å². The molecule has 39 heavy (non-hydrogen) atoms. The fraction of sp³-hybridized carbons (Fsp3) is 0.143. The lowest BCUT2D eigenvalue weighted by atomic mass is 9.88. The Kier molecular flexibility index (Phi) is 8.78. The van der Waals surface area contributed by atoms with Gasteiger partial charge in [0.1, 0.15) is 33.9 Å². The van der Waals surface area contributed by atoms with E-state index in [9.17, 15) is 12.8 Å². The summed E-state index contributed by atoms with van der Waals surface area (Å²) in [6.07, 6.45) is 8.54. The van der Waals surface area contributed by atoms with Crippen LogP contribution in [0.1, 0.15) is 17.9 Å². The minimum atomic E-state index is -4.41. The average Bonchev–Trinajstić information content (AvgIpc) is 2.92. The van der Waals surface area contributed by atoms with E-state index in [1.54, 1.807) is 24.3 Å². The molecule has 1 aliphatic rings. The maximum atomic E-state index is 15.1. The highest BCUT2D eigenvalue weighted by molar-refractivity contribution is 7.92. The molecule has 0 saturated heterocycles. The standard InChI is InChI=1S/C28H25ClF2N4O3S/c1-3-13-33-35(2)18-21-14-20(19-7-5-4-6-8-19)9-11-25(21)38-26-16-24(31)27(15-23(26)29)39(36,37)34-28-12-10-22(30)17-32-28/h3-8,10-17,20H,1,9,18H2,2H3,(H,32,34)/b33-13-. The number of hydrogen-bond donors (Lipinski definition) is 1. The van der Waals surface area contributed by atoms with E-state index in [1.807, 2.05) is 36.4 Å². The normalized spacial score (nSPS) is 15.4. The summed E-state index contributed by atoms with van der Waals surface area (Å²) in [5.41, 5.74) is 1.92. The Morgan fingerprint density at radius 2 is 2.00 bits per heavy atom. The maximum Gasteiger partial charge on any atom is 0.266 e. The Bertz CT molecular complexity index is 1540. The molecular weight excluding hydrogens is 546 g/mol. The van der Waals surface area contributed by atoms with Crippen LogP contribution in [0.3, 0.4) is 0 Å². The van der Waals surface area contributed by atoms with E-state index in [0.717, 1.165) is 41.6 Å². The summed E-state index contributed by atoms with van der Waals surface area (Å²) in [7, 11) is -2.62. The van der Waals surface area contributed by atoms with Crippen molar-refractivity contribution in [2.75, 3.05) is 18.3 Å². The van der Waals surface area contributed by atoms with Crippen LogP contribution in [0.2, 0.25) is 5.02 Å². The summed E-state index contributed by atoms with van der Waals surface area (Å²) < 4.78 is 61.8. The van der Waals surface area contributed by atoms with Gasteiger partial charge >= 0.3 is 0 Å². The average molecular weight is 571 g/mol. The Hall–Kier alpha value is -4.02. The van der Waals surface area contributed by atoms with Gasteiger partial charge in [-0.1, -0.05) is 54.6 Å². The Morgan fingerprint density at radius 3 is 2.69 bits per heavy atom. The van der Waals surface area contributed by atoms with Crippen LogP contribution in [0, 0.1) is 11.6 Å². The van der Waals surface area contributed by atoms with Crippen LogP contribution in [0.25, 0.3) is 0 Å². The number of likely N-dealkylation sites (N-methyl/N-ethyl adjacent to an activating group) is 1. The first kappa shape index (κ1) is 28.0. The van der Waals surface area contributed by atoms with Crippen molar-refractivity contribution in [1.82, 2.24) is 9.99 Å². The molecule has 0 aliphatic heterocycles. The maximum absolute atomic E-state index is 15.1. The van der Waals surface area contributed by atoms with Gasteiger partial charge in [0.15, 0.2) is 0 Å². The third kappa shape index (κ3) is 7.10. The van der Waals surface area contributed by atoms with E-state index in [4.69, 9.17) is 16.3 Å². The first-order chi connectivity index (χ1) is 18.7. The van der Waals surface area contributed by atoms with Crippen molar-refractivity contribution in [1.29, 1.82) is 0 Å². The minimum Gasteiger partial charge on any atom is -0.456 e. The molecule has 0 spiro atoms. The van der Waals surface area contributed by atoms with E-state index < -0.39 is 26.6 Å². The van der Waals surface area contributed by atoms with E-state index in [1.165, 1.54) is 0 Å². The zero-order chi connectivity index (χ0) is 28.0. The second-order valence-electron chi connectivity index (χ2n) is 8.61. The number of rotatable bonds is 10. The molecule has 1 aliphatic carbocycles. The summed E-state index contributed by atoms with van der Waals surface area (Å²) in [5, 5.41) is 5.85. The zero-order valence-electron chi connectivity index (χ0n) is 20.9. The molecule has 0 fully saturated rings. The number of halogens is 3. The van der Waals surface area contributed by atoms with Gasteiger partial charge in [-0.2, -0.15) is 5.10 Å². The van der Waals surface area contributed by atoms with Gasteiger partial charge in [0.2, 0.25) is 0 Å². The summed E-state index contributed by atoms with van der Waals surface area (Å²) >= 11 is 6.36. The number of nitrogens with one attached hydrogen (secondary N) is 1. The van der Waals surface area contributed by atoms with Crippen LogP contribution in [0.5, 0.6) is 5.75 Å². The number of hydrazone groups is 1. The molecule has 11 heteroatoms. The SMILES string of the molecule is C=C/C=N\N(C)CC1=CC(c2ccccc2)CC=C1Oc1cc(F)c(S(=O)(=O)Nc2ccc(F)cn2)cc1Cl. The molecule has 3 aromatic rings. The van der Waals surface area contributed by atoms with Crippen molar-refractivity contribution in [3.05, 3.63) is 119 Å². The first-order valence-corrected chi connectivity index (χ1v) is 13.7. The van der Waals surface area contributed by atoms with E-state index in [0.29, 0.717) is 18.7 Å². The Balaban J connectivity index is 1.60. The van der Waals surface area contributed by atoms with Crippen LogP contribution in [-0.2, 0) is 10.0 Å². The summed E-state index contributed by atoms with van der Waals surface area (Å²) in [5.74, 6) is -1.41. The van der Waals surface area contributed by atoms with Crippen molar-refractivity contribution >= 4 is 33.7 Å². The predicted molar refractivity (Wildman–Crippen MR) is 148 cm³/mol. The minimum absolute atomic E-state index is 0.0550. The molecule has 2 aromatic carbocycles. The number of sulfonamides is 1. The third-order valence-electron chi connectivity index (χ3n) is 5.73. The van der Waals surface area contributed by atoms with Gasteiger partial charge in [0.25, 0.3) is 10.0 Å². The molecule has 1 unspecified atom stereocenters. The number of hydrogen-bond acceptors (Lipinski definition) is 6. The molecule has 1 N–H and O–H groups in total. The number of aromatic nitrogens is 1. The summed E-state index contributed by atoms with van der Waals surface area (Å²) in [6.45, 7) is 4.00. The highest BCUT2D eigenvalue weighted by Gasteiger charge is 2.25. The van der Waals surface area contributed by atoms with Crippen molar-refractivity contribution in [3.63, 3.8) is 0 Å². The van der Waals surface area contributed by atoms with Gasteiger partial charge in [0, 0.05) is 30.8 Å². The largest absolute Gasteiger partial charge is 0.456 e. The lowest BCUT2D eigenvalue weighted by molar-refractivity contribution is 0.361. The van der Waals surface area contributed by atoms with Crippen molar-refractivity contribution in [3.8, 4) is 5.75 Å². The van der Waals surface area contributed by atoms with Gasteiger partial charge in [-0.15, -0.1) is 0 Å². The van der Waals surface area contributed by atoms with Crippen molar-refractivity contribution in [2.45, 2.75) is 17.2 Å². The highest BCUT2D eigenvalue weighted by Crippen LogP contribution is 2.36. The molecule has 0 amide bonds. The molecule has 0 saturated carbocycles. The van der Waals surface area contributed by atoms with Gasteiger partial charge in [0.05, 0.1) is 17.8 Å². The molecular formula is C28H25ClF2N4O3S. The second-order valence-corrected chi connectivity index (χ2v) is 10.7. The molecule has 1 atom stereocenters. The smallest absolute Gasteiger partial charge is 0.266 e. The topological polar surface area (TPSA) is 83.9 Å². The molecule has 1 aromatic heterocycles. The van der Waals surface area contributed by atoms with Crippen molar-refractivity contribution < 1.29 is 21.9 Å². The first-order valence-electron chi connectivity index (χ1n) is 11.8. The van der Waals surface area contributed by atoms with E-state index in [-0.39, 0.29) is 22.5 Å². The van der Waals surface area contributed by atoms with E-state index >= 15 is 4.39 Å². The number of nitrogens with zero attached hydrogens (tertiary/aromatic N) is 3. The molecule has 4 rings (SSSR count). The van der Waals surface area contributed by atoms with Gasteiger partial charge < -0.3 is 4.74 Å². The Labute approximate surface area is 230 Å². The quantitative estimate of drug-likeness (QED) is 0.229. The van der Waals surface area contributed by atoms with Crippen LogP contribution in [0.4, 0.5) is 14.6 Å². The van der Waals surface area contributed by atoms with Crippen LogP contribution >= 0.6 is 11.6 Å². The number of anilines is 1. The highest BCUT2D eigenvalue weighted by atomic mass is 35.5. The van der Waals surface area contributed by atoms with Crippen molar-refractivity contribution in [2.24, 2.45) is 5.10 Å². The lowest BCUT2D eigenvalue weighted by Crippen LogP contribution is -2.20. The fourth-order valence-electron chi connectivity index (χ4n) is 3.92. The third-order valence-corrected chi connectivity index (χ3v) is 7.40. The monoisotopic (exact) mass is 570 g/mol. The molecule has 7 nitrogen and oxygen atoms in total. The fourth-order valence-corrected chi connectivity index (χ4v) is 5.28. The molecule has 1 heterocycles. The van der Waals surface area contributed by atoms with Gasteiger partial charge in [-0.3, -0.25) is 9.73 Å². The van der Waals surface area contributed by atoms with Crippen LogP contribution in [-0.4, -0.2) is 38.2 Å². The summed E-state index contributed by atoms with van der Waals surface area (Å²) in [4.78, 5) is 2.93. The van der Waals surface area contributed by atoms with Gasteiger partial charge in [-0.05, 0) is 42.3 Å². The number of ether oxygens (including phenoxy) is 1. The van der Waals surface area contributed by atoms with E-state index in [2.05, 4.69) is 27.5 Å².